The molecule has 0 radical (unpaired) electrons. The van der Waals surface area contributed by atoms with Crippen LogP contribution in [0.25, 0.3) is 0 Å². The minimum absolute atomic E-state index is 0.316. The summed E-state index contributed by atoms with van der Waals surface area (Å²) in [5, 5.41) is 9.13. The summed E-state index contributed by atoms with van der Waals surface area (Å²) in [4.78, 5) is 2.48. The lowest BCUT2D eigenvalue weighted by Gasteiger charge is -2.47. The predicted octanol–water partition coefficient (Wildman–Crippen LogP) is 2.13. The minimum Gasteiger partial charge on any atom is -0.396 e. The molecule has 1 saturated carbocycles. The second-order valence-electron chi connectivity index (χ2n) is 5.47. The summed E-state index contributed by atoms with van der Waals surface area (Å²) in [6.07, 6.45) is 2.47. The largest absolute Gasteiger partial charge is 0.396 e. The molecule has 14 heavy (non-hydrogen) atoms. The first-order valence-corrected chi connectivity index (χ1v) is 5.89. The van der Waals surface area contributed by atoms with E-state index in [1.54, 1.807) is 0 Å². The normalized spacial score (nSPS) is 27.2. The van der Waals surface area contributed by atoms with Gasteiger partial charge in [0.15, 0.2) is 0 Å². The van der Waals surface area contributed by atoms with Crippen LogP contribution in [0.15, 0.2) is 0 Å². The third kappa shape index (κ3) is 2.71. The van der Waals surface area contributed by atoms with Crippen LogP contribution in [0.5, 0.6) is 0 Å². The quantitative estimate of drug-likeness (QED) is 0.752. The molecule has 0 amide bonds. The predicted molar refractivity (Wildman–Crippen MR) is 60.3 cm³/mol. The molecule has 1 heterocycles. The van der Waals surface area contributed by atoms with E-state index >= 15 is 0 Å². The van der Waals surface area contributed by atoms with E-state index in [0.717, 1.165) is 6.54 Å². The second-order valence-corrected chi connectivity index (χ2v) is 5.47. The van der Waals surface area contributed by atoms with E-state index in [1.807, 2.05) is 13.8 Å². The summed E-state index contributed by atoms with van der Waals surface area (Å²) in [5.74, 6) is 0. The molecule has 84 valence electrons. The summed E-state index contributed by atoms with van der Waals surface area (Å²) >= 11 is 0. The lowest BCUT2D eigenvalue weighted by molar-refractivity contribution is 0.00500. The van der Waals surface area contributed by atoms with Crippen molar-refractivity contribution in [3.05, 3.63) is 0 Å². The molecule has 0 aromatic heterocycles. The third-order valence-corrected chi connectivity index (χ3v) is 3.15. The Hall–Kier alpha value is -0.0800. The molecule has 2 nitrogen and oxygen atoms in total. The monoisotopic (exact) mass is 199 g/mol. The number of hydrogen-bond donors (Lipinski definition) is 1. The number of likely N-dealkylation sites (tertiary alicyclic amines) is 1. The van der Waals surface area contributed by atoms with Crippen molar-refractivity contribution in [2.45, 2.75) is 40.5 Å². The summed E-state index contributed by atoms with van der Waals surface area (Å²) in [5.41, 5.74) is 0.849. The molecule has 0 atom stereocenters. The first-order valence-electron chi connectivity index (χ1n) is 5.89. The van der Waals surface area contributed by atoms with Crippen LogP contribution in [0.2, 0.25) is 0 Å². The maximum Gasteiger partial charge on any atom is 0.0499 e. The Balaban J connectivity index is 0.000000461. The van der Waals surface area contributed by atoms with Crippen LogP contribution in [0.3, 0.4) is 0 Å². The first-order chi connectivity index (χ1) is 6.55. The smallest absolute Gasteiger partial charge is 0.0499 e. The van der Waals surface area contributed by atoms with Crippen LogP contribution in [0.4, 0.5) is 0 Å². The van der Waals surface area contributed by atoms with Gasteiger partial charge in [0, 0.05) is 31.7 Å². The van der Waals surface area contributed by atoms with Gasteiger partial charge in [0.1, 0.15) is 0 Å². The number of aliphatic hydroxyl groups excluding tert-OH is 1. The molecule has 0 bridgehead atoms. The molecule has 0 aromatic rings. The van der Waals surface area contributed by atoms with E-state index in [9.17, 15) is 0 Å². The fraction of sp³-hybridized carbons (Fsp3) is 1.00. The molecular formula is C12H25NO. The molecule has 2 aliphatic rings. The van der Waals surface area contributed by atoms with Gasteiger partial charge in [-0.25, -0.2) is 0 Å². The lowest BCUT2D eigenvalue weighted by Crippen LogP contribution is -2.54. The molecule has 2 heteroatoms. The fourth-order valence-corrected chi connectivity index (χ4v) is 2.29. The van der Waals surface area contributed by atoms with E-state index in [1.165, 1.54) is 25.9 Å². The molecule has 1 N–H and O–H groups in total. The van der Waals surface area contributed by atoms with Gasteiger partial charge in [-0.2, -0.15) is 0 Å². The second kappa shape index (κ2) is 4.19. The number of nitrogens with zero attached hydrogens (tertiary/aromatic N) is 1. The topological polar surface area (TPSA) is 23.5 Å². The van der Waals surface area contributed by atoms with E-state index in [-0.39, 0.29) is 0 Å². The van der Waals surface area contributed by atoms with Crippen molar-refractivity contribution >= 4 is 0 Å². The molecular weight excluding hydrogens is 174 g/mol. The van der Waals surface area contributed by atoms with Crippen LogP contribution >= 0.6 is 0 Å². The van der Waals surface area contributed by atoms with Crippen LogP contribution in [-0.2, 0) is 0 Å². The molecule has 2 fully saturated rings. The van der Waals surface area contributed by atoms with Crippen molar-refractivity contribution < 1.29 is 5.11 Å². The molecule has 2 rings (SSSR count). The van der Waals surface area contributed by atoms with Gasteiger partial charge in [-0.15, -0.1) is 0 Å². The van der Waals surface area contributed by atoms with Gasteiger partial charge in [0.25, 0.3) is 0 Å². The zero-order valence-corrected chi connectivity index (χ0v) is 10.1. The molecule has 0 unspecified atom stereocenters. The van der Waals surface area contributed by atoms with Crippen molar-refractivity contribution in [1.29, 1.82) is 0 Å². The highest BCUT2D eigenvalue weighted by atomic mass is 16.3. The number of hydrogen-bond acceptors (Lipinski definition) is 2. The highest BCUT2D eigenvalue weighted by Crippen LogP contribution is 2.47. The highest BCUT2D eigenvalue weighted by molar-refractivity contribution is 4.99. The van der Waals surface area contributed by atoms with Gasteiger partial charge in [-0.1, -0.05) is 27.7 Å². The maximum absolute atomic E-state index is 9.13. The zero-order valence-electron chi connectivity index (χ0n) is 10.1. The standard InChI is InChI=1S/C10H19NO.C2H6/c1-9(2)5-11(6-9)7-10(8-12)3-4-10;1-2/h12H,3-8H2,1-2H3;1-2H3. The molecule has 0 spiro atoms. The highest BCUT2D eigenvalue weighted by Gasteiger charge is 2.46. The average Bonchev–Trinajstić information content (AvgIpc) is 2.86. The van der Waals surface area contributed by atoms with E-state index in [4.69, 9.17) is 5.11 Å². The van der Waals surface area contributed by atoms with Crippen molar-refractivity contribution in [1.82, 2.24) is 4.90 Å². The van der Waals surface area contributed by atoms with Gasteiger partial charge >= 0.3 is 0 Å². The van der Waals surface area contributed by atoms with Crippen molar-refractivity contribution in [3.8, 4) is 0 Å². The number of rotatable bonds is 3. The average molecular weight is 199 g/mol. The van der Waals surface area contributed by atoms with E-state index in [2.05, 4.69) is 18.7 Å². The Bertz CT molecular complexity index is 177. The van der Waals surface area contributed by atoms with Gasteiger partial charge in [0.2, 0.25) is 0 Å². The maximum atomic E-state index is 9.13. The number of aliphatic hydroxyl groups is 1. The van der Waals surface area contributed by atoms with Crippen molar-refractivity contribution in [3.63, 3.8) is 0 Å². The van der Waals surface area contributed by atoms with Gasteiger partial charge < -0.3 is 10.0 Å². The minimum atomic E-state index is 0.316. The van der Waals surface area contributed by atoms with Gasteiger partial charge in [-0.3, -0.25) is 0 Å². The Morgan fingerprint density at radius 2 is 1.64 bits per heavy atom. The summed E-state index contributed by atoms with van der Waals surface area (Å²) < 4.78 is 0. The third-order valence-electron chi connectivity index (χ3n) is 3.15. The molecule has 0 aromatic carbocycles. The zero-order chi connectivity index (χ0) is 10.8. The van der Waals surface area contributed by atoms with E-state index < -0.39 is 0 Å². The van der Waals surface area contributed by atoms with Crippen molar-refractivity contribution in [2.24, 2.45) is 10.8 Å². The summed E-state index contributed by atoms with van der Waals surface area (Å²) in [6, 6.07) is 0. The van der Waals surface area contributed by atoms with Crippen LogP contribution in [0, 0.1) is 10.8 Å². The summed E-state index contributed by atoms with van der Waals surface area (Å²) in [7, 11) is 0. The van der Waals surface area contributed by atoms with Crippen LogP contribution in [-0.4, -0.2) is 36.2 Å². The van der Waals surface area contributed by atoms with Crippen LogP contribution < -0.4 is 0 Å². The molecule has 1 aliphatic carbocycles. The Kier molecular flexibility index (Phi) is 3.59. The van der Waals surface area contributed by atoms with Crippen LogP contribution in [0.1, 0.15) is 40.5 Å². The Labute approximate surface area is 88.3 Å². The summed E-state index contributed by atoms with van der Waals surface area (Å²) in [6.45, 7) is 12.6. The van der Waals surface area contributed by atoms with Crippen molar-refractivity contribution in [2.75, 3.05) is 26.2 Å². The van der Waals surface area contributed by atoms with Gasteiger partial charge in [0.05, 0.1) is 0 Å². The molecule has 1 aliphatic heterocycles. The fourth-order valence-electron chi connectivity index (χ4n) is 2.29. The Morgan fingerprint density at radius 1 is 1.14 bits per heavy atom. The SMILES string of the molecule is CC.CC1(C)CN(CC2(CO)CC2)C1. The van der Waals surface area contributed by atoms with E-state index in [0.29, 0.717) is 17.4 Å². The Morgan fingerprint density at radius 3 is 1.93 bits per heavy atom. The lowest BCUT2D eigenvalue weighted by atomic mass is 9.83. The molecule has 1 saturated heterocycles. The first kappa shape index (κ1) is 12.0. The van der Waals surface area contributed by atoms with Gasteiger partial charge in [-0.05, 0) is 18.3 Å².